The van der Waals surface area contributed by atoms with E-state index in [-0.39, 0.29) is 0 Å². The Balaban J connectivity index is 1.15. The molecule has 0 saturated carbocycles. The lowest BCUT2D eigenvalue weighted by atomic mass is 9.99. The van der Waals surface area contributed by atoms with Crippen molar-refractivity contribution in [2.45, 2.75) is 0 Å². The molecule has 8 nitrogen and oxygen atoms in total. The molecule has 0 aliphatic heterocycles. The lowest BCUT2D eigenvalue weighted by Gasteiger charge is -2.20. The van der Waals surface area contributed by atoms with Gasteiger partial charge in [0.2, 0.25) is 0 Å². The molecular formula is C64H34N8. The summed E-state index contributed by atoms with van der Waals surface area (Å²) in [5, 5.41) is 33.5. The summed E-state index contributed by atoms with van der Waals surface area (Å²) in [5.74, 6) is 0. The van der Waals surface area contributed by atoms with E-state index >= 15 is 0 Å². The molecule has 330 valence electrons. The van der Waals surface area contributed by atoms with Crippen LogP contribution in [-0.2, 0) is 0 Å². The molecule has 0 amide bonds. The Hall–Kier alpha value is -10.8. The Morgan fingerprint density at radius 3 is 1.01 bits per heavy atom. The summed E-state index contributed by atoms with van der Waals surface area (Å²) in [7, 11) is 0. The molecule has 0 aliphatic carbocycles. The molecule has 0 fully saturated rings. The summed E-state index contributed by atoms with van der Waals surface area (Å²) >= 11 is 0. The van der Waals surface area contributed by atoms with Gasteiger partial charge in [0.1, 0.15) is 0 Å². The van der Waals surface area contributed by atoms with Crippen molar-refractivity contribution in [1.82, 2.24) is 14.1 Å². The zero-order chi connectivity index (χ0) is 48.9. The highest BCUT2D eigenvalue weighted by molar-refractivity contribution is 6.14. The molecule has 8 heteroatoms. The first-order chi connectivity index (χ1) is 35.4. The average molecular weight is 915 g/mol. The number of nitrogens with zero attached hydrogens (tertiary/aromatic N) is 8. The fourth-order valence-electron chi connectivity index (χ4n) is 10.0. The van der Waals surface area contributed by atoms with E-state index in [0.29, 0.717) is 28.1 Å². The number of pyridine rings is 1. The maximum Gasteiger partial charge on any atom is 0.187 e. The fourth-order valence-corrected chi connectivity index (χ4v) is 10.0. The molecule has 3 aromatic heterocycles. The Kier molecular flexibility index (Phi) is 10.3. The zero-order valence-corrected chi connectivity index (χ0v) is 38.2. The molecular weight excluding hydrogens is 881 g/mol. The lowest BCUT2D eigenvalue weighted by molar-refractivity contribution is 1.09. The number of nitriles is 3. The van der Waals surface area contributed by atoms with Crippen LogP contribution in [0.3, 0.4) is 0 Å². The van der Waals surface area contributed by atoms with Crippen LogP contribution < -0.4 is 0 Å². The Labute approximate surface area is 414 Å². The summed E-state index contributed by atoms with van der Waals surface area (Å²) < 4.78 is 4.54. The van der Waals surface area contributed by atoms with E-state index in [9.17, 15) is 15.8 Å². The van der Waals surface area contributed by atoms with Gasteiger partial charge in [-0.15, -0.1) is 0 Å². The van der Waals surface area contributed by atoms with Crippen molar-refractivity contribution in [3.05, 3.63) is 246 Å². The first-order valence-electron chi connectivity index (χ1n) is 23.1. The minimum absolute atomic E-state index is 0.521. The van der Waals surface area contributed by atoms with Crippen molar-refractivity contribution in [3.63, 3.8) is 0 Å². The molecule has 0 N–H and O–H groups in total. The molecule has 12 aromatic rings. The summed E-state index contributed by atoms with van der Waals surface area (Å²) in [6, 6.07) is 71.0. The number of aromatic nitrogens is 3. The number of fused-ring (bicyclic) bond motifs is 6. The summed E-state index contributed by atoms with van der Waals surface area (Å²) in [6.07, 6.45) is 3.81. The molecule has 0 unspecified atom stereocenters. The fraction of sp³-hybridized carbons (Fsp3) is 0. The summed E-state index contributed by atoms with van der Waals surface area (Å²) in [4.78, 5) is 12.3. The van der Waals surface area contributed by atoms with Crippen LogP contribution in [0.25, 0.3) is 120 Å². The van der Waals surface area contributed by atoms with Crippen molar-refractivity contribution in [2.75, 3.05) is 0 Å². The standard InChI is InChI=1S/C64H34N8/c1-68-52-22-14-45(15-23-52)49-20-28-60-56(33-49)54-31-47(43-10-6-40(35-65)7-11-43)18-26-58(54)71(60)62-38-70-39-63(64(62)51-5-3-4-42(30-51)37-67)72-59-27-19-48(44-12-8-41(36-66)9-13-44)32-55(59)57-34-50(21-29-61(57)72)46-16-24-53(69-2)25-17-46/h3-34,38-39H. The van der Waals surface area contributed by atoms with Crippen molar-refractivity contribution >= 4 is 55.0 Å². The van der Waals surface area contributed by atoms with Gasteiger partial charge in [0.25, 0.3) is 0 Å². The van der Waals surface area contributed by atoms with Crippen molar-refractivity contribution in [3.8, 4) is 85.2 Å². The van der Waals surface area contributed by atoms with Gasteiger partial charge in [-0.3, -0.25) is 4.98 Å². The van der Waals surface area contributed by atoms with Crippen LogP contribution in [0.15, 0.2) is 207 Å². The SMILES string of the molecule is [C-]#[N+]c1ccc(-c2ccc3c(c2)c2cc(-c4ccc(C#N)cc4)ccc2n3-c2cncc(-n3c4ccc(-c5ccc(C#N)cc5)cc4c4cc(-c5ccc([N+]#[C-])cc5)ccc43)c2-c2cccc(C#N)c2)cc1. The number of hydrogen-bond donors (Lipinski definition) is 0. The molecule has 0 atom stereocenters. The molecule has 0 aliphatic rings. The number of rotatable bonds is 7. The molecule has 12 rings (SSSR count). The van der Waals surface area contributed by atoms with Crippen LogP contribution in [0, 0.1) is 47.1 Å². The van der Waals surface area contributed by atoms with Gasteiger partial charge >= 0.3 is 0 Å². The van der Waals surface area contributed by atoms with Gasteiger partial charge in [-0.25, -0.2) is 9.69 Å². The molecule has 0 bridgehead atoms. The second kappa shape index (κ2) is 17.4. The van der Waals surface area contributed by atoms with Crippen LogP contribution in [0.1, 0.15) is 16.7 Å². The third kappa shape index (κ3) is 7.17. The van der Waals surface area contributed by atoms with E-state index in [2.05, 4.69) is 110 Å². The molecule has 72 heavy (non-hydrogen) atoms. The predicted molar refractivity (Wildman–Crippen MR) is 287 cm³/mol. The van der Waals surface area contributed by atoms with Crippen LogP contribution in [-0.4, -0.2) is 14.1 Å². The molecule has 3 heterocycles. The average Bonchev–Trinajstić information content (AvgIpc) is 3.96. The van der Waals surface area contributed by atoms with E-state index in [0.717, 1.165) is 111 Å². The predicted octanol–water partition coefficient (Wildman–Crippen LogP) is 16.3. The second-order valence-corrected chi connectivity index (χ2v) is 17.5. The minimum Gasteiger partial charge on any atom is -0.307 e. The smallest absolute Gasteiger partial charge is 0.187 e. The van der Waals surface area contributed by atoms with Crippen molar-refractivity contribution in [2.24, 2.45) is 0 Å². The largest absolute Gasteiger partial charge is 0.307 e. The highest BCUT2D eigenvalue weighted by atomic mass is 15.0. The van der Waals surface area contributed by atoms with Crippen LogP contribution in [0.5, 0.6) is 0 Å². The van der Waals surface area contributed by atoms with Crippen LogP contribution >= 0.6 is 0 Å². The van der Waals surface area contributed by atoms with Crippen molar-refractivity contribution < 1.29 is 0 Å². The van der Waals surface area contributed by atoms with E-state index in [4.69, 9.17) is 18.1 Å². The third-order valence-corrected chi connectivity index (χ3v) is 13.6. The van der Waals surface area contributed by atoms with E-state index in [1.165, 1.54) is 0 Å². The maximum absolute atomic E-state index is 10.3. The van der Waals surface area contributed by atoms with Gasteiger partial charge in [0, 0.05) is 27.1 Å². The van der Waals surface area contributed by atoms with Gasteiger partial charge in [-0.05, 0) is 135 Å². The van der Waals surface area contributed by atoms with E-state index in [1.54, 1.807) is 0 Å². The maximum atomic E-state index is 10.3. The Morgan fingerprint density at radius 1 is 0.347 bits per heavy atom. The topological polar surface area (TPSA) is 103 Å². The summed E-state index contributed by atoms with van der Waals surface area (Å²) in [5.41, 5.74) is 17.9. The molecule has 0 spiro atoms. The van der Waals surface area contributed by atoms with Gasteiger partial charge in [0.05, 0.1) is 93.9 Å². The molecule has 0 saturated heterocycles. The Morgan fingerprint density at radius 2 is 0.681 bits per heavy atom. The minimum atomic E-state index is 0.521. The monoisotopic (exact) mass is 914 g/mol. The Bertz CT molecular complexity index is 3920. The first kappa shape index (κ1) is 42.5. The number of hydrogen-bond acceptors (Lipinski definition) is 4. The van der Waals surface area contributed by atoms with Crippen LogP contribution in [0.4, 0.5) is 11.4 Å². The second-order valence-electron chi connectivity index (χ2n) is 17.5. The highest BCUT2D eigenvalue weighted by Crippen LogP contribution is 2.44. The molecule has 9 aromatic carbocycles. The summed E-state index contributed by atoms with van der Waals surface area (Å²) in [6.45, 7) is 15.1. The first-order valence-corrected chi connectivity index (χ1v) is 23.1. The van der Waals surface area contributed by atoms with Crippen LogP contribution in [0.2, 0.25) is 0 Å². The van der Waals surface area contributed by atoms with Crippen molar-refractivity contribution in [1.29, 1.82) is 15.8 Å². The normalized spacial score (nSPS) is 11.0. The van der Waals surface area contributed by atoms with E-state index in [1.807, 2.05) is 134 Å². The molecule has 0 radical (unpaired) electrons. The lowest BCUT2D eigenvalue weighted by Crippen LogP contribution is -2.05. The zero-order valence-electron chi connectivity index (χ0n) is 38.2. The van der Waals surface area contributed by atoms with Gasteiger partial charge < -0.3 is 9.13 Å². The third-order valence-electron chi connectivity index (χ3n) is 13.6. The van der Waals surface area contributed by atoms with Gasteiger partial charge in [0.15, 0.2) is 11.4 Å². The van der Waals surface area contributed by atoms with E-state index < -0.39 is 0 Å². The van der Waals surface area contributed by atoms with Gasteiger partial charge in [-0.1, -0.05) is 109 Å². The number of benzene rings is 9. The quantitative estimate of drug-likeness (QED) is 0.149. The van der Waals surface area contributed by atoms with Gasteiger partial charge in [-0.2, -0.15) is 15.8 Å². The highest BCUT2D eigenvalue weighted by Gasteiger charge is 2.24.